The number of aliphatic hydroxyl groups excluding tert-OH is 1. The fourth-order valence-electron chi connectivity index (χ4n) is 3.99. The molecule has 1 N–H and O–H groups in total. The second kappa shape index (κ2) is 9.58. The summed E-state index contributed by atoms with van der Waals surface area (Å²) in [6.07, 6.45) is 4.69. The van der Waals surface area contributed by atoms with E-state index >= 15 is 0 Å². The van der Waals surface area contributed by atoms with Crippen molar-refractivity contribution in [3.8, 4) is 11.1 Å². The first kappa shape index (κ1) is 22.1. The fourth-order valence-corrected chi connectivity index (χ4v) is 3.99. The van der Waals surface area contributed by atoms with Crippen LogP contribution in [0.4, 0.5) is 8.78 Å². The summed E-state index contributed by atoms with van der Waals surface area (Å²) in [7, 11) is 1.80. The van der Waals surface area contributed by atoms with E-state index < -0.39 is 18.2 Å². The standard InChI is InChI=1S/C24H25F2N3O3/c1-28-13-23(27-15-28)24(31)29(19-6-8-32-9-7-19)12-16-2-4-22(26)20(10-16)17-3-5-21(25)18(11-17)14-30/h2-5,10-11,13,15,19,30H,6-9,12,14H2,1H3. The van der Waals surface area contributed by atoms with Gasteiger partial charge in [-0.05, 0) is 48.2 Å². The summed E-state index contributed by atoms with van der Waals surface area (Å²) in [5.41, 5.74) is 1.94. The third-order valence-electron chi connectivity index (χ3n) is 5.73. The molecule has 1 aliphatic heterocycles. The van der Waals surface area contributed by atoms with Crippen molar-refractivity contribution in [3.05, 3.63) is 77.4 Å². The number of carbonyl (C=O) groups is 1. The van der Waals surface area contributed by atoms with Gasteiger partial charge >= 0.3 is 0 Å². The van der Waals surface area contributed by atoms with Crippen molar-refractivity contribution >= 4 is 5.91 Å². The Labute approximate surface area is 185 Å². The highest BCUT2D eigenvalue weighted by atomic mass is 19.1. The molecule has 1 aromatic heterocycles. The van der Waals surface area contributed by atoms with Crippen LogP contribution < -0.4 is 0 Å². The molecule has 0 aliphatic carbocycles. The van der Waals surface area contributed by atoms with Gasteiger partial charge in [0.1, 0.15) is 17.3 Å². The van der Waals surface area contributed by atoms with Crippen LogP contribution in [0.15, 0.2) is 48.9 Å². The van der Waals surface area contributed by atoms with Crippen LogP contribution >= 0.6 is 0 Å². The number of imidazole rings is 1. The van der Waals surface area contributed by atoms with Gasteiger partial charge in [-0.1, -0.05) is 12.1 Å². The highest BCUT2D eigenvalue weighted by Gasteiger charge is 2.28. The average Bonchev–Trinajstić information content (AvgIpc) is 3.25. The molecular formula is C24H25F2N3O3. The number of aliphatic hydroxyl groups is 1. The molecule has 0 saturated carbocycles. The minimum absolute atomic E-state index is 0.0152. The van der Waals surface area contributed by atoms with Gasteiger partial charge in [-0.25, -0.2) is 13.8 Å². The number of rotatable bonds is 6. The summed E-state index contributed by atoms with van der Waals surface area (Å²) >= 11 is 0. The van der Waals surface area contributed by atoms with Crippen LogP contribution in [0, 0.1) is 11.6 Å². The molecule has 0 bridgehead atoms. The Bertz CT molecular complexity index is 1110. The number of halogens is 2. The lowest BCUT2D eigenvalue weighted by molar-refractivity contribution is 0.0264. The van der Waals surface area contributed by atoms with E-state index in [0.29, 0.717) is 37.3 Å². The molecule has 3 aromatic rings. The van der Waals surface area contributed by atoms with Crippen molar-refractivity contribution in [2.24, 2.45) is 7.05 Å². The van der Waals surface area contributed by atoms with E-state index in [0.717, 1.165) is 5.56 Å². The minimum atomic E-state index is -0.542. The van der Waals surface area contributed by atoms with Crippen LogP contribution in [-0.2, 0) is 24.9 Å². The predicted octanol–water partition coefficient (Wildman–Crippen LogP) is 3.68. The number of hydrogen-bond donors (Lipinski definition) is 1. The molecule has 6 nitrogen and oxygen atoms in total. The number of benzene rings is 2. The van der Waals surface area contributed by atoms with Gasteiger partial charge in [-0.15, -0.1) is 0 Å². The van der Waals surface area contributed by atoms with Gasteiger partial charge in [-0.2, -0.15) is 0 Å². The molecule has 1 saturated heterocycles. The lowest BCUT2D eigenvalue weighted by Gasteiger charge is -2.34. The van der Waals surface area contributed by atoms with Gasteiger partial charge in [0.25, 0.3) is 5.91 Å². The number of carbonyl (C=O) groups excluding carboxylic acids is 1. The van der Waals surface area contributed by atoms with E-state index in [1.165, 1.54) is 24.3 Å². The van der Waals surface area contributed by atoms with Gasteiger partial charge in [0, 0.05) is 50.2 Å². The molecule has 0 atom stereocenters. The second-order valence-electron chi connectivity index (χ2n) is 7.98. The van der Waals surface area contributed by atoms with Gasteiger partial charge < -0.3 is 19.3 Å². The molecule has 168 valence electrons. The van der Waals surface area contributed by atoms with Crippen LogP contribution in [0.2, 0.25) is 0 Å². The lowest BCUT2D eigenvalue weighted by atomic mass is 9.99. The largest absolute Gasteiger partial charge is 0.392 e. The summed E-state index contributed by atoms with van der Waals surface area (Å²) in [6.45, 7) is 0.953. The fraction of sp³-hybridized carbons (Fsp3) is 0.333. The van der Waals surface area contributed by atoms with Crippen molar-refractivity contribution in [3.63, 3.8) is 0 Å². The van der Waals surface area contributed by atoms with E-state index in [4.69, 9.17) is 4.74 Å². The summed E-state index contributed by atoms with van der Waals surface area (Å²) in [5.74, 6) is -1.19. The maximum Gasteiger partial charge on any atom is 0.274 e. The number of amides is 1. The molecule has 0 spiro atoms. The molecule has 8 heteroatoms. The first-order valence-electron chi connectivity index (χ1n) is 10.5. The Morgan fingerprint density at radius 2 is 1.94 bits per heavy atom. The highest BCUT2D eigenvalue weighted by molar-refractivity contribution is 5.92. The number of aromatic nitrogens is 2. The molecule has 1 aliphatic rings. The van der Waals surface area contributed by atoms with Crippen LogP contribution in [0.1, 0.15) is 34.5 Å². The molecule has 0 unspecified atom stereocenters. The Morgan fingerprint density at radius 3 is 2.62 bits per heavy atom. The zero-order valence-electron chi connectivity index (χ0n) is 17.8. The first-order valence-corrected chi connectivity index (χ1v) is 10.5. The zero-order valence-corrected chi connectivity index (χ0v) is 17.8. The van der Waals surface area contributed by atoms with Crippen molar-refractivity contribution < 1.29 is 23.4 Å². The van der Waals surface area contributed by atoms with Crippen LogP contribution in [0.3, 0.4) is 0 Å². The normalized spacial score (nSPS) is 14.5. The maximum atomic E-state index is 14.6. The summed E-state index contributed by atoms with van der Waals surface area (Å²) in [5, 5.41) is 9.35. The molecule has 1 fully saturated rings. The van der Waals surface area contributed by atoms with Crippen molar-refractivity contribution in [2.75, 3.05) is 13.2 Å². The Hall–Kier alpha value is -3.10. The van der Waals surface area contributed by atoms with Crippen molar-refractivity contribution in [2.45, 2.75) is 32.0 Å². The molecule has 2 heterocycles. The van der Waals surface area contributed by atoms with Gasteiger partial charge in [0.15, 0.2) is 0 Å². The minimum Gasteiger partial charge on any atom is -0.392 e. The summed E-state index contributed by atoms with van der Waals surface area (Å²) in [4.78, 5) is 19.2. The topological polar surface area (TPSA) is 67.6 Å². The lowest BCUT2D eigenvalue weighted by Crippen LogP contribution is -2.43. The zero-order chi connectivity index (χ0) is 22.7. The van der Waals surface area contributed by atoms with Crippen molar-refractivity contribution in [1.29, 1.82) is 0 Å². The number of ether oxygens (including phenoxy) is 1. The molecule has 4 rings (SSSR count). The third-order valence-corrected chi connectivity index (χ3v) is 5.73. The molecule has 2 aromatic carbocycles. The second-order valence-corrected chi connectivity index (χ2v) is 7.98. The third kappa shape index (κ3) is 4.71. The van der Waals surface area contributed by atoms with Crippen molar-refractivity contribution in [1.82, 2.24) is 14.5 Å². The van der Waals surface area contributed by atoms with Crippen LogP contribution in [0.25, 0.3) is 11.1 Å². The first-order chi connectivity index (χ1) is 15.5. The van der Waals surface area contributed by atoms with E-state index in [-0.39, 0.29) is 29.6 Å². The molecule has 1 amide bonds. The Balaban J connectivity index is 1.66. The Morgan fingerprint density at radius 1 is 1.19 bits per heavy atom. The molecule has 32 heavy (non-hydrogen) atoms. The van der Waals surface area contributed by atoms with Crippen LogP contribution in [0.5, 0.6) is 0 Å². The van der Waals surface area contributed by atoms with E-state index in [1.807, 2.05) is 0 Å². The highest BCUT2D eigenvalue weighted by Crippen LogP contribution is 2.28. The monoisotopic (exact) mass is 441 g/mol. The number of nitrogens with zero attached hydrogens (tertiary/aromatic N) is 3. The van der Waals surface area contributed by atoms with Gasteiger partial charge in [0.05, 0.1) is 12.9 Å². The SMILES string of the molecule is Cn1cnc(C(=O)N(Cc2ccc(F)c(-c3ccc(F)c(CO)c3)c2)C2CCOCC2)c1. The summed E-state index contributed by atoms with van der Waals surface area (Å²) < 4.78 is 35.6. The molecular weight excluding hydrogens is 416 g/mol. The number of hydrogen-bond acceptors (Lipinski definition) is 4. The molecule has 0 radical (unpaired) electrons. The number of aryl methyl sites for hydroxylation is 1. The summed E-state index contributed by atoms with van der Waals surface area (Å²) in [6, 6.07) is 8.78. The average molecular weight is 441 g/mol. The van der Waals surface area contributed by atoms with Gasteiger partial charge in [0.2, 0.25) is 0 Å². The van der Waals surface area contributed by atoms with E-state index in [9.17, 15) is 18.7 Å². The Kier molecular flexibility index (Phi) is 6.62. The smallest absolute Gasteiger partial charge is 0.274 e. The predicted molar refractivity (Wildman–Crippen MR) is 115 cm³/mol. The van der Waals surface area contributed by atoms with Crippen LogP contribution in [-0.4, -0.2) is 44.7 Å². The maximum absolute atomic E-state index is 14.6. The van der Waals surface area contributed by atoms with Gasteiger partial charge in [-0.3, -0.25) is 4.79 Å². The quantitative estimate of drug-likeness (QED) is 0.634. The van der Waals surface area contributed by atoms with E-state index in [2.05, 4.69) is 4.98 Å². The van der Waals surface area contributed by atoms with E-state index in [1.54, 1.807) is 41.2 Å².